The van der Waals surface area contributed by atoms with Crippen LogP contribution in [0.3, 0.4) is 0 Å². The molecular weight excluding hydrogens is 216 g/mol. The molecule has 0 amide bonds. The van der Waals surface area contributed by atoms with Crippen LogP contribution in [0.15, 0.2) is 0 Å². The molecule has 16 heavy (non-hydrogen) atoms. The van der Waals surface area contributed by atoms with Gasteiger partial charge in [0.25, 0.3) is 0 Å². The van der Waals surface area contributed by atoms with Gasteiger partial charge in [-0.1, -0.05) is 13.8 Å². The van der Waals surface area contributed by atoms with Gasteiger partial charge in [-0.25, -0.2) is 0 Å². The molecule has 1 rings (SSSR count). The molecule has 0 aliphatic carbocycles. The Hall–Kier alpha value is 0.270. The average Bonchev–Trinajstić information content (AvgIpc) is 2.36. The lowest BCUT2D eigenvalue weighted by Gasteiger charge is -2.32. The van der Waals surface area contributed by atoms with Gasteiger partial charge >= 0.3 is 0 Å². The van der Waals surface area contributed by atoms with E-state index in [4.69, 9.17) is 0 Å². The van der Waals surface area contributed by atoms with Crippen molar-refractivity contribution >= 4 is 12.6 Å². The highest BCUT2D eigenvalue weighted by atomic mass is 32.1. The van der Waals surface area contributed by atoms with Crippen LogP contribution in [0.5, 0.6) is 0 Å². The Labute approximate surface area is 107 Å². The molecule has 96 valence electrons. The summed E-state index contributed by atoms with van der Waals surface area (Å²) in [6.45, 7) is 11.9. The Bertz CT molecular complexity index is 196. The highest BCUT2D eigenvalue weighted by Crippen LogP contribution is 2.17. The summed E-state index contributed by atoms with van der Waals surface area (Å²) in [5, 5.41) is 0. The number of hydrogen-bond donors (Lipinski definition) is 1. The fourth-order valence-electron chi connectivity index (χ4n) is 2.47. The molecule has 1 saturated heterocycles. The van der Waals surface area contributed by atoms with Gasteiger partial charge in [-0.05, 0) is 51.1 Å². The largest absolute Gasteiger partial charge is 0.305 e. The Morgan fingerprint density at radius 1 is 1.31 bits per heavy atom. The summed E-state index contributed by atoms with van der Waals surface area (Å²) in [5.74, 6) is 2.48. The normalized spacial score (nSPS) is 27.0. The van der Waals surface area contributed by atoms with Gasteiger partial charge in [-0.15, -0.1) is 0 Å². The first-order valence-corrected chi connectivity index (χ1v) is 7.21. The Morgan fingerprint density at radius 3 is 2.56 bits per heavy atom. The highest BCUT2D eigenvalue weighted by Gasteiger charge is 2.23. The predicted molar refractivity (Wildman–Crippen MR) is 75.3 cm³/mol. The third kappa shape index (κ3) is 4.27. The van der Waals surface area contributed by atoms with E-state index in [-0.39, 0.29) is 0 Å². The van der Waals surface area contributed by atoms with E-state index in [1.807, 2.05) is 0 Å². The summed E-state index contributed by atoms with van der Waals surface area (Å²) < 4.78 is 0. The second-order valence-corrected chi connectivity index (χ2v) is 6.01. The van der Waals surface area contributed by atoms with Crippen LogP contribution < -0.4 is 0 Å². The molecule has 0 aromatic carbocycles. The van der Waals surface area contributed by atoms with E-state index in [0.717, 1.165) is 17.6 Å². The minimum atomic E-state index is 0.689. The molecule has 0 aromatic rings. The van der Waals surface area contributed by atoms with Gasteiger partial charge in [-0.2, -0.15) is 12.6 Å². The van der Waals surface area contributed by atoms with Crippen molar-refractivity contribution in [2.24, 2.45) is 11.8 Å². The van der Waals surface area contributed by atoms with Crippen molar-refractivity contribution in [3.05, 3.63) is 0 Å². The molecule has 1 aliphatic rings. The summed E-state index contributed by atoms with van der Waals surface area (Å²) in [6.07, 6.45) is 1.30. The molecule has 0 aromatic heterocycles. The van der Waals surface area contributed by atoms with Crippen LogP contribution >= 0.6 is 12.6 Å². The van der Waals surface area contributed by atoms with Crippen molar-refractivity contribution in [3.63, 3.8) is 0 Å². The summed E-state index contributed by atoms with van der Waals surface area (Å²) in [6, 6.07) is 0.689. The molecule has 0 spiro atoms. The third-order valence-electron chi connectivity index (χ3n) is 3.83. The number of likely N-dealkylation sites (N-methyl/N-ethyl adjacent to an activating group) is 1. The Balaban J connectivity index is 2.50. The zero-order valence-electron chi connectivity index (χ0n) is 11.3. The fraction of sp³-hybridized carbons (Fsp3) is 1.00. The standard InChI is InChI=1S/C13H28N2S/c1-11(2)13(10-16)9-15-7-5-6-14(4)8-12(15)3/h11-13,16H,5-10H2,1-4H3. The van der Waals surface area contributed by atoms with E-state index in [1.54, 1.807) is 0 Å². The lowest BCUT2D eigenvalue weighted by Crippen LogP contribution is -2.41. The molecule has 3 heteroatoms. The van der Waals surface area contributed by atoms with Crippen LogP contribution in [-0.4, -0.2) is 54.8 Å². The number of nitrogens with zero attached hydrogens (tertiary/aromatic N) is 2. The van der Waals surface area contributed by atoms with Gasteiger partial charge in [0, 0.05) is 19.1 Å². The van der Waals surface area contributed by atoms with E-state index in [0.29, 0.717) is 6.04 Å². The van der Waals surface area contributed by atoms with Gasteiger partial charge in [0.05, 0.1) is 0 Å². The van der Waals surface area contributed by atoms with Crippen LogP contribution in [0.4, 0.5) is 0 Å². The fourth-order valence-corrected chi connectivity index (χ4v) is 3.01. The Kier molecular flexibility index (Phi) is 6.16. The summed E-state index contributed by atoms with van der Waals surface area (Å²) >= 11 is 4.49. The number of thiol groups is 1. The topological polar surface area (TPSA) is 6.48 Å². The molecule has 0 N–H and O–H groups in total. The second-order valence-electron chi connectivity index (χ2n) is 5.65. The van der Waals surface area contributed by atoms with E-state index < -0.39 is 0 Å². The smallest absolute Gasteiger partial charge is 0.0194 e. The van der Waals surface area contributed by atoms with Crippen LogP contribution in [0.2, 0.25) is 0 Å². The SMILES string of the molecule is CC(C)C(CS)CN1CCCN(C)CC1C. The summed E-state index contributed by atoms with van der Waals surface area (Å²) in [7, 11) is 2.23. The van der Waals surface area contributed by atoms with Crippen molar-refractivity contribution in [2.45, 2.75) is 33.2 Å². The lowest BCUT2D eigenvalue weighted by molar-refractivity contribution is 0.164. The third-order valence-corrected chi connectivity index (χ3v) is 4.30. The van der Waals surface area contributed by atoms with Gasteiger partial charge in [0.1, 0.15) is 0 Å². The van der Waals surface area contributed by atoms with E-state index in [9.17, 15) is 0 Å². The molecule has 1 aliphatic heterocycles. The molecular formula is C13H28N2S. The monoisotopic (exact) mass is 244 g/mol. The van der Waals surface area contributed by atoms with Crippen LogP contribution in [0, 0.1) is 11.8 Å². The highest BCUT2D eigenvalue weighted by molar-refractivity contribution is 7.80. The predicted octanol–water partition coefficient (Wildman–Crippen LogP) is 2.21. The average molecular weight is 244 g/mol. The number of rotatable bonds is 4. The first-order valence-electron chi connectivity index (χ1n) is 6.58. The molecule has 0 radical (unpaired) electrons. The van der Waals surface area contributed by atoms with Crippen LogP contribution in [0.1, 0.15) is 27.2 Å². The van der Waals surface area contributed by atoms with E-state index >= 15 is 0 Å². The van der Waals surface area contributed by atoms with Crippen molar-refractivity contribution in [1.29, 1.82) is 0 Å². The maximum atomic E-state index is 4.49. The summed E-state index contributed by atoms with van der Waals surface area (Å²) in [5.41, 5.74) is 0. The van der Waals surface area contributed by atoms with Crippen molar-refractivity contribution in [2.75, 3.05) is 39.0 Å². The molecule has 2 nitrogen and oxygen atoms in total. The van der Waals surface area contributed by atoms with Gasteiger partial charge in [-0.3, -0.25) is 4.90 Å². The first-order chi connectivity index (χ1) is 7.54. The Morgan fingerprint density at radius 2 is 2.00 bits per heavy atom. The molecule has 2 unspecified atom stereocenters. The van der Waals surface area contributed by atoms with Gasteiger partial charge in [0.2, 0.25) is 0 Å². The molecule has 2 atom stereocenters. The van der Waals surface area contributed by atoms with Crippen molar-refractivity contribution in [1.82, 2.24) is 9.80 Å². The van der Waals surface area contributed by atoms with Gasteiger partial charge < -0.3 is 4.90 Å². The van der Waals surface area contributed by atoms with E-state index in [2.05, 4.69) is 50.2 Å². The van der Waals surface area contributed by atoms with Gasteiger partial charge in [0.15, 0.2) is 0 Å². The minimum absolute atomic E-state index is 0.689. The molecule has 0 bridgehead atoms. The maximum absolute atomic E-state index is 4.49. The van der Waals surface area contributed by atoms with Crippen molar-refractivity contribution < 1.29 is 0 Å². The van der Waals surface area contributed by atoms with E-state index in [1.165, 1.54) is 32.6 Å². The summed E-state index contributed by atoms with van der Waals surface area (Å²) in [4.78, 5) is 5.11. The quantitative estimate of drug-likeness (QED) is 0.758. The molecule has 1 heterocycles. The number of hydrogen-bond acceptors (Lipinski definition) is 3. The molecule has 1 fully saturated rings. The van der Waals surface area contributed by atoms with Crippen molar-refractivity contribution in [3.8, 4) is 0 Å². The second kappa shape index (κ2) is 6.87. The maximum Gasteiger partial charge on any atom is 0.0194 e. The molecule has 0 saturated carbocycles. The van der Waals surface area contributed by atoms with Crippen LogP contribution in [0.25, 0.3) is 0 Å². The zero-order valence-corrected chi connectivity index (χ0v) is 12.2. The minimum Gasteiger partial charge on any atom is -0.305 e. The zero-order chi connectivity index (χ0) is 12.1. The first kappa shape index (κ1) is 14.3. The van der Waals surface area contributed by atoms with Crippen LogP contribution in [-0.2, 0) is 0 Å². The lowest BCUT2D eigenvalue weighted by atomic mass is 9.96.